The van der Waals surface area contributed by atoms with Crippen LogP contribution in [0.5, 0.6) is 0 Å². The van der Waals surface area contributed by atoms with E-state index in [1.165, 1.54) is 6.07 Å². The molecule has 8 heteroatoms. The number of nitrogens with zero attached hydrogens (tertiary/aromatic N) is 2. The molecular formula is C20H15Cl2N3O3. The molecule has 6 nitrogen and oxygen atoms in total. The second-order valence-corrected chi connectivity index (χ2v) is 7.40. The Hall–Kier alpha value is -2.83. The third-order valence-electron chi connectivity index (χ3n) is 4.65. The second-order valence-electron chi connectivity index (χ2n) is 6.55. The van der Waals surface area contributed by atoms with E-state index < -0.39 is 17.5 Å². The highest BCUT2D eigenvalue weighted by Gasteiger charge is 2.50. The third-order valence-corrected chi connectivity index (χ3v) is 5.20. The molecule has 1 aliphatic heterocycles. The van der Waals surface area contributed by atoms with Gasteiger partial charge in [-0.05, 0) is 19.1 Å². The van der Waals surface area contributed by atoms with Gasteiger partial charge in [-0.2, -0.15) is 0 Å². The van der Waals surface area contributed by atoms with E-state index in [1.54, 1.807) is 25.3 Å². The van der Waals surface area contributed by atoms with Crippen molar-refractivity contribution in [3.05, 3.63) is 76.2 Å². The second kappa shape index (κ2) is 6.96. The number of benzene rings is 2. The smallest absolute Gasteiger partial charge is 0.325 e. The predicted octanol–water partition coefficient (Wildman–Crippen LogP) is 4.62. The fourth-order valence-corrected chi connectivity index (χ4v) is 3.77. The van der Waals surface area contributed by atoms with Gasteiger partial charge in [0.15, 0.2) is 5.76 Å². The van der Waals surface area contributed by atoms with E-state index in [4.69, 9.17) is 27.6 Å². The molecule has 2 aromatic carbocycles. The summed E-state index contributed by atoms with van der Waals surface area (Å²) in [6.07, 6.45) is 1.57. The van der Waals surface area contributed by atoms with Gasteiger partial charge in [0.25, 0.3) is 5.91 Å². The number of aromatic nitrogens is 1. The minimum absolute atomic E-state index is 0.0850. The summed E-state index contributed by atoms with van der Waals surface area (Å²) in [6.45, 7) is 1.52. The summed E-state index contributed by atoms with van der Waals surface area (Å²) in [7, 11) is 0. The Labute approximate surface area is 171 Å². The quantitative estimate of drug-likeness (QED) is 0.630. The van der Waals surface area contributed by atoms with Crippen molar-refractivity contribution < 1.29 is 14.0 Å². The number of oxazole rings is 1. The summed E-state index contributed by atoms with van der Waals surface area (Å²) in [5.41, 5.74) is 0.0289. The maximum absolute atomic E-state index is 13.0. The summed E-state index contributed by atoms with van der Waals surface area (Å²) in [4.78, 5) is 30.8. The molecule has 0 aliphatic carbocycles. The molecular weight excluding hydrogens is 401 g/mol. The number of rotatable bonds is 4. The first kappa shape index (κ1) is 18.5. The lowest BCUT2D eigenvalue weighted by atomic mass is 9.92. The van der Waals surface area contributed by atoms with Crippen LogP contribution in [-0.2, 0) is 16.9 Å². The van der Waals surface area contributed by atoms with Crippen LogP contribution in [0.25, 0.3) is 11.3 Å². The molecule has 1 aliphatic rings. The van der Waals surface area contributed by atoms with E-state index in [0.29, 0.717) is 21.4 Å². The van der Waals surface area contributed by atoms with E-state index in [1.807, 2.05) is 30.3 Å². The summed E-state index contributed by atoms with van der Waals surface area (Å²) < 4.78 is 5.71. The maximum Gasteiger partial charge on any atom is 0.325 e. The van der Waals surface area contributed by atoms with Crippen LogP contribution in [0.2, 0.25) is 10.0 Å². The Kier molecular flexibility index (Phi) is 4.61. The summed E-state index contributed by atoms with van der Waals surface area (Å²) in [6, 6.07) is 13.7. The van der Waals surface area contributed by atoms with Crippen LogP contribution in [0, 0.1) is 0 Å². The highest BCUT2D eigenvalue weighted by Crippen LogP contribution is 2.35. The van der Waals surface area contributed by atoms with Gasteiger partial charge >= 0.3 is 6.03 Å². The first-order valence-electron chi connectivity index (χ1n) is 8.48. The largest absolute Gasteiger partial charge is 0.439 e. The molecule has 1 saturated heterocycles. The Bertz CT molecular complexity index is 1070. The minimum atomic E-state index is -1.30. The zero-order chi connectivity index (χ0) is 19.9. The summed E-state index contributed by atoms with van der Waals surface area (Å²) in [5.74, 6) is 0.376. The Morgan fingerprint density at radius 1 is 1.14 bits per heavy atom. The molecule has 1 unspecified atom stereocenters. The van der Waals surface area contributed by atoms with Crippen molar-refractivity contribution in [1.82, 2.24) is 15.2 Å². The topological polar surface area (TPSA) is 75.4 Å². The zero-order valence-electron chi connectivity index (χ0n) is 14.8. The summed E-state index contributed by atoms with van der Waals surface area (Å²) in [5, 5.41) is 3.45. The standard InChI is InChI=1S/C20H15Cl2N3O3/c1-20(14-8-7-13(21)9-15(14)22)18(26)25(19(27)24-20)11-17-23-10-16(28-17)12-5-3-2-4-6-12/h2-10H,11H2,1H3,(H,24,27). The van der Waals surface area contributed by atoms with Gasteiger partial charge in [-0.25, -0.2) is 9.78 Å². The molecule has 28 heavy (non-hydrogen) atoms. The van der Waals surface area contributed by atoms with Crippen molar-refractivity contribution in [2.75, 3.05) is 0 Å². The number of amides is 3. The van der Waals surface area contributed by atoms with E-state index in [-0.39, 0.29) is 12.4 Å². The van der Waals surface area contributed by atoms with Crippen molar-refractivity contribution in [2.24, 2.45) is 0 Å². The number of carbonyl (C=O) groups excluding carboxylic acids is 2. The van der Waals surface area contributed by atoms with Crippen LogP contribution in [-0.4, -0.2) is 21.8 Å². The van der Waals surface area contributed by atoms with Crippen LogP contribution < -0.4 is 5.32 Å². The molecule has 0 radical (unpaired) electrons. The Morgan fingerprint density at radius 3 is 2.61 bits per heavy atom. The normalized spacial score (nSPS) is 19.2. The zero-order valence-corrected chi connectivity index (χ0v) is 16.3. The number of halogens is 2. The lowest BCUT2D eigenvalue weighted by molar-refractivity contribution is -0.131. The van der Waals surface area contributed by atoms with Crippen molar-refractivity contribution in [3.63, 3.8) is 0 Å². The van der Waals surface area contributed by atoms with E-state index in [0.717, 1.165) is 10.5 Å². The number of carbonyl (C=O) groups is 2. The van der Waals surface area contributed by atoms with Gasteiger partial charge in [-0.15, -0.1) is 0 Å². The maximum atomic E-state index is 13.0. The Balaban J connectivity index is 1.59. The van der Waals surface area contributed by atoms with Gasteiger partial charge in [0.1, 0.15) is 12.1 Å². The Morgan fingerprint density at radius 2 is 1.89 bits per heavy atom. The van der Waals surface area contributed by atoms with E-state index >= 15 is 0 Å². The van der Waals surface area contributed by atoms with Gasteiger partial charge in [0, 0.05) is 21.2 Å². The molecule has 4 rings (SSSR count). The average Bonchev–Trinajstić information content (AvgIpc) is 3.22. The molecule has 142 valence electrons. The monoisotopic (exact) mass is 415 g/mol. The number of nitrogens with one attached hydrogen (secondary N) is 1. The van der Waals surface area contributed by atoms with Gasteiger partial charge in [0.2, 0.25) is 5.89 Å². The van der Waals surface area contributed by atoms with Crippen LogP contribution in [0.3, 0.4) is 0 Å². The lowest BCUT2D eigenvalue weighted by Crippen LogP contribution is -2.41. The van der Waals surface area contributed by atoms with Crippen molar-refractivity contribution in [3.8, 4) is 11.3 Å². The van der Waals surface area contributed by atoms with Crippen molar-refractivity contribution >= 4 is 35.1 Å². The minimum Gasteiger partial charge on any atom is -0.439 e. The molecule has 0 saturated carbocycles. The van der Waals surface area contributed by atoms with Crippen molar-refractivity contribution in [2.45, 2.75) is 19.0 Å². The molecule has 1 N–H and O–H groups in total. The van der Waals surface area contributed by atoms with Crippen LogP contribution >= 0.6 is 23.2 Å². The summed E-state index contributed by atoms with van der Waals surface area (Å²) >= 11 is 12.2. The third kappa shape index (κ3) is 3.15. The molecule has 0 spiro atoms. The molecule has 3 aromatic rings. The highest BCUT2D eigenvalue weighted by atomic mass is 35.5. The first-order chi connectivity index (χ1) is 13.4. The fraction of sp³-hybridized carbons (Fsp3) is 0.150. The molecule has 2 heterocycles. The van der Waals surface area contributed by atoms with E-state index in [9.17, 15) is 9.59 Å². The van der Waals surface area contributed by atoms with Gasteiger partial charge in [0.05, 0.1) is 6.20 Å². The van der Waals surface area contributed by atoms with E-state index in [2.05, 4.69) is 10.3 Å². The van der Waals surface area contributed by atoms with Crippen molar-refractivity contribution in [1.29, 1.82) is 0 Å². The number of urea groups is 1. The van der Waals surface area contributed by atoms with Gasteiger partial charge < -0.3 is 9.73 Å². The molecule has 3 amide bonds. The van der Waals surface area contributed by atoms with Crippen LogP contribution in [0.15, 0.2) is 59.1 Å². The van der Waals surface area contributed by atoms with Crippen LogP contribution in [0.1, 0.15) is 18.4 Å². The molecule has 0 bridgehead atoms. The molecule has 1 aromatic heterocycles. The average molecular weight is 416 g/mol. The lowest BCUT2D eigenvalue weighted by Gasteiger charge is -2.23. The number of imide groups is 1. The molecule has 1 atom stereocenters. The molecule has 1 fully saturated rings. The van der Waals surface area contributed by atoms with Crippen LogP contribution in [0.4, 0.5) is 4.79 Å². The van der Waals surface area contributed by atoms with Gasteiger partial charge in [-0.3, -0.25) is 9.69 Å². The SMILES string of the molecule is CC1(c2ccc(Cl)cc2Cl)NC(=O)N(Cc2ncc(-c3ccccc3)o2)C1=O. The first-order valence-corrected chi connectivity index (χ1v) is 9.24. The number of hydrogen-bond acceptors (Lipinski definition) is 4. The number of hydrogen-bond donors (Lipinski definition) is 1. The fourth-order valence-electron chi connectivity index (χ4n) is 3.17. The highest BCUT2D eigenvalue weighted by molar-refractivity contribution is 6.35. The van der Waals surface area contributed by atoms with Gasteiger partial charge in [-0.1, -0.05) is 59.6 Å². The predicted molar refractivity (Wildman–Crippen MR) is 105 cm³/mol.